The zero-order chi connectivity index (χ0) is 12.8. The van der Waals surface area contributed by atoms with Gasteiger partial charge in [0.1, 0.15) is 5.92 Å². The van der Waals surface area contributed by atoms with Crippen LogP contribution in [0.2, 0.25) is 0 Å². The summed E-state index contributed by atoms with van der Waals surface area (Å²) in [6, 6.07) is 1.96. The maximum Gasteiger partial charge on any atom is 0.323 e. The lowest BCUT2D eigenvalue weighted by atomic mass is 10.0. The third-order valence-electron chi connectivity index (χ3n) is 2.92. The number of carbonyl (C=O) groups excluding carboxylic acids is 1. The van der Waals surface area contributed by atoms with Crippen molar-refractivity contribution in [1.29, 1.82) is 5.26 Å². The van der Waals surface area contributed by atoms with Crippen LogP contribution in [0.25, 0.3) is 0 Å². The summed E-state index contributed by atoms with van der Waals surface area (Å²) in [4.78, 5) is 11.2. The molecule has 0 aromatic carbocycles. The van der Waals surface area contributed by atoms with Gasteiger partial charge in [-0.3, -0.25) is 9.48 Å². The minimum Gasteiger partial charge on any atom is -0.468 e. The van der Waals surface area contributed by atoms with Crippen LogP contribution in [0.4, 0.5) is 0 Å². The third kappa shape index (κ3) is 3.31. The van der Waals surface area contributed by atoms with Gasteiger partial charge in [-0.25, -0.2) is 0 Å². The van der Waals surface area contributed by atoms with Gasteiger partial charge in [-0.15, -0.1) is 0 Å². The van der Waals surface area contributed by atoms with Crippen LogP contribution in [0.1, 0.15) is 24.1 Å². The fourth-order valence-corrected chi connectivity index (χ4v) is 1.66. The Morgan fingerprint density at radius 1 is 1.71 bits per heavy atom. The molecular formula is C12H17N3O2. The van der Waals surface area contributed by atoms with E-state index in [2.05, 4.69) is 9.84 Å². The monoisotopic (exact) mass is 235 g/mol. The number of rotatable bonds is 5. The molecule has 0 saturated carbocycles. The van der Waals surface area contributed by atoms with Gasteiger partial charge in [0.25, 0.3) is 0 Å². The van der Waals surface area contributed by atoms with E-state index in [1.54, 1.807) is 0 Å². The number of hydrogen-bond acceptors (Lipinski definition) is 4. The van der Waals surface area contributed by atoms with Crippen LogP contribution >= 0.6 is 0 Å². The van der Waals surface area contributed by atoms with Gasteiger partial charge in [-0.2, -0.15) is 10.4 Å². The topological polar surface area (TPSA) is 67.9 Å². The van der Waals surface area contributed by atoms with Gasteiger partial charge >= 0.3 is 5.97 Å². The minimum atomic E-state index is -0.656. The molecule has 0 aliphatic rings. The van der Waals surface area contributed by atoms with E-state index >= 15 is 0 Å². The summed E-state index contributed by atoms with van der Waals surface area (Å²) in [6.07, 6.45) is 3.96. The van der Waals surface area contributed by atoms with Crippen molar-refractivity contribution in [3.05, 3.63) is 17.5 Å². The Morgan fingerprint density at radius 2 is 2.41 bits per heavy atom. The zero-order valence-corrected chi connectivity index (χ0v) is 10.4. The fraction of sp³-hybridized carbons (Fsp3) is 0.583. The Morgan fingerprint density at radius 3 is 2.88 bits per heavy atom. The van der Waals surface area contributed by atoms with E-state index in [0.717, 1.165) is 24.1 Å². The highest BCUT2D eigenvalue weighted by molar-refractivity contribution is 5.74. The van der Waals surface area contributed by atoms with E-state index in [-0.39, 0.29) is 0 Å². The number of methoxy groups -OCH3 is 1. The first-order valence-corrected chi connectivity index (χ1v) is 5.55. The Balaban J connectivity index is 2.45. The zero-order valence-electron chi connectivity index (χ0n) is 10.4. The van der Waals surface area contributed by atoms with Gasteiger partial charge in [-0.1, -0.05) is 0 Å². The van der Waals surface area contributed by atoms with Gasteiger partial charge in [0.05, 0.1) is 19.4 Å². The van der Waals surface area contributed by atoms with Crippen LogP contribution in [0.5, 0.6) is 0 Å². The van der Waals surface area contributed by atoms with Gasteiger partial charge in [0, 0.05) is 12.7 Å². The molecule has 1 rings (SSSR count). The number of carbonyl (C=O) groups is 1. The lowest BCUT2D eigenvalue weighted by molar-refractivity contribution is -0.143. The van der Waals surface area contributed by atoms with Gasteiger partial charge in [0.2, 0.25) is 0 Å². The van der Waals surface area contributed by atoms with E-state index in [1.165, 1.54) is 7.11 Å². The lowest BCUT2D eigenvalue weighted by Gasteiger charge is -2.06. The van der Waals surface area contributed by atoms with Crippen molar-refractivity contribution < 1.29 is 9.53 Å². The van der Waals surface area contributed by atoms with E-state index in [4.69, 9.17) is 5.26 Å². The number of nitrogens with zero attached hydrogens (tertiary/aromatic N) is 3. The quantitative estimate of drug-likeness (QED) is 0.723. The molecule has 1 aromatic heterocycles. The summed E-state index contributed by atoms with van der Waals surface area (Å²) in [5.74, 6) is -1.10. The molecule has 0 radical (unpaired) electrons. The molecule has 1 aromatic rings. The van der Waals surface area contributed by atoms with Crippen molar-refractivity contribution in [3.8, 4) is 6.07 Å². The first-order chi connectivity index (χ1) is 8.10. The number of hydrogen-bond donors (Lipinski definition) is 0. The van der Waals surface area contributed by atoms with Crippen molar-refractivity contribution in [2.45, 2.75) is 26.2 Å². The number of nitriles is 1. The molecule has 1 heterocycles. The van der Waals surface area contributed by atoms with Crippen molar-refractivity contribution in [1.82, 2.24) is 9.78 Å². The van der Waals surface area contributed by atoms with Crippen LogP contribution < -0.4 is 0 Å². The van der Waals surface area contributed by atoms with Crippen molar-refractivity contribution in [3.63, 3.8) is 0 Å². The summed E-state index contributed by atoms with van der Waals surface area (Å²) in [6.45, 7) is 2.00. The van der Waals surface area contributed by atoms with Crippen LogP contribution in [0.15, 0.2) is 6.20 Å². The summed E-state index contributed by atoms with van der Waals surface area (Å²) in [7, 11) is 3.20. The Labute approximate surface area is 101 Å². The summed E-state index contributed by atoms with van der Waals surface area (Å²) in [5, 5.41) is 13.0. The van der Waals surface area contributed by atoms with Crippen molar-refractivity contribution in [2.75, 3.05) is 7.11 Å². The van der Waals surface area contributed by atoms with Gasteiger partial charge in [-0.05, 0) is 31.7 Å². The predicted molar refractivity (Wildman–Crippen MR) is 62.0 cm³/mol. The number of aromatic nitrogens is 2. The van der Waals surface area contributed by atoms with Crippen LogP contribution in [0, 0.1) is 24.2 Å². The Hall–Kier alpha value is -1.83. The van der Waals surface area contributed by atoms with E-state index in [1.807, 2.05) is 30.9 Å². The summed E-state index contributed by atoms with van der Waals surface area (Å²) >= 11 is 0. The second kappa shape index (κ2) is 6.04. The molecule has 92 valence electrons. The molecule has 0 N–H and O–H groups in total. The van der Waals surface area contributed by atoms with Crippen molar-refractivity contribution in [2.24, 2.45) is 13.0 Å². The predicted octanol–water partition coefficient (Wildman–Crippen LogP) is 1.36. The van der Waals surface area contributed by atoms with E-state index in [9.17, 15) is 4.79 Å². The van der Waals surface area contributed by atoms with Crippen LogP contribution in [-0.2, 0) is 23.0 Å². The molecule has 0 aliphatic heterocycles. The molecule has 5 nitrogen and oxygen atoms in total. The smallest absolute Gasteiger partial charge is 0.323 e. The number of ether oxygens (including phenoxy) is 1. The largest absolute Gasteiger partial charge is 0.468 e. The second-order valence-electron chi connectivity index (χ2n) is 3.98. The first-order valence-electron chi connectivity index (χ1n) is 5.55. The highest BCUT2D eigenvalue weighted by Crippen LogP contribution is 2.13. The molecule has 0 saturated heterocycles. The highest BCUT2D eigenvalue weighted by Gasteiger charge is 2.17. The SMILES string of the molecule is COC(=O)C(C#N)CCCc1cnn(C)c1C. The first kappa shape index (κ1) is 13.2. The van der Waals surface area contributed by atoms with Crippen LogP contribution in [-0.4, -0.2) is 22.9 Å². The van der Waals surface area contributed by atoms with Crippen LogP contribution in [0.3, 0.4) is 0 Å². The Kier molecular flexibility index (Phi) is 4.70. The summed E-state index contributed by atoms with van der Waals surface area (Å²) < 4.78 is 6.37. The normalized spacial score (nSPS) is 11.9. The Bertz CT molecular complexity index is 431. The third-order valence-corrected chi connectivity index (χ3v) is 2.92. The van der Waals surface area contributed by atoms with Gasteiger partial charge in [0.15, 0.2) is 0 Å². The number of esters is 1. The molecule has 5 heteroatoms. The van der Waals surface area contributed by atoms with E-state index in [0.29, 0.717) is 6.42 Å². The fourth-order valence-electron chi connectivity index (χ4n) is 1.66. The minimum absolute atomic E-state index is 0.449. The molecule has 17 heavy (non-hydrogen) atoms. The maximum absolute atomic E-state index is 11.2. The lowest BCUT2D eigenvalue weighted by Crippen LogP contribution is -2.14. The summed E-state index contributed by atoms with van der Waals surface area (Å²) in [5.41, 5.74) is 2.28. The number of aryl methyl sites for hydroxylation is 2. The molecule has 1 unspecified atom stereocenters. The molecular weight excluding hydrogens is 218 g/mol. The average molecular weight is 235 g/mol. The maximum atomic E-state index is 11.2. The highest BCUT2D eigenvalue weighted by atomic mass is 16.5. The van der Waals surface area contributed by atoms with Crippen molar-refractivity contribution >= 4 is 5.97 Å². The average Bonchev–Trinajstić information content (AvgIpc) is 2.65. The molecule has 0 fully saturated rings. The molecule has 0 amide bonds. The molecule has 0 aliphatic carbocycles. The molecule has 0 spiro atoms. The van der Waals surface area contributed by atoms with Gasteiger partial charge < -0.3 is 4.74 Å². The molecule has 0 bridgehead atoms. The standard InChI is InChI=1S/C12H17N3O2/c1-9-11(8-14-15(9)2)6-4-5-10(7-13)12(16)17-3/h8,10H,4-6H2,1-3H3. The molecule has 1 atom stereocenters. The second-order valence-corrected chi connectivity index (χ2v) is 3.98. The van der Waals surface area contributed by atoms with E-state index < -0.39 is 11.9 Å².